The molecular formula is C15H10BrF3O2. The summed E-state index contributed by atoms with van der Waals surface area (Å²) in [4.78, 5) is 12.0. The molecule has 110 valence electrons. The number of hydrogen-bond acceptors (Lipinski definition) is 2. The van der Waals surface area contributed by atoms with E-state index in [1.807, 2.05) is 0 Å². The molecule has 0 N–H and O–H groups in total. The van der Waals surface area contributed by atoms with Crippen LogP contribution in [0.25, 0.3) is 0 Å². The molecule has 2 nitrogen and oxygen atoms in total. The third kappa shape index (κ3) is 4.60. The summed E-state index contributed by atoms with van der Waals surface area (Å²) in [5, 5.41) is 0. The summed E-state index contributed by atoms with van der Waals surface area (Å²) in [6, 6.07) is 9.60. The summed E-state index contributed by atoms with van der Waals surface area (Å²) < 4.78 is 42.0. The summed E-state index contributed by atoms with van der Waals surface area (Å²) in [6.07, 6.45) is 0.0193. The molecule has 0 heterocycles. The lowest BCUT2D eigenvalue weighted by Gasteiger charge is -2.06. The number of carbonyl (C=O) groups excluding carboxylic acids is 1. The fourth-order valence-corrected chi connectivity index (χ4v) is 2.34. The molecular weight excluding hydrogens is 349 g/mol. The zero-order valence-electron chi connectivity index (χ0n) is 10.7. The quantitative estimate of drug-likeness (QED) is 0.729. The van der Waals surface area contributed by atoms with Gasteiger partial charge in [0.05, 0.1) is 0 Å². The first-order chi connectivity index (χ1) is 9.94. The van der Waals surface area contributed by atoms with Crippen LogP contribution in [0.2, 0.25) is 0 Å². The third-order valence-corrected chi connectivity index (χ3v) is 3.15. The van der Waals surface area contributed by atoms with Gasteiger partial charge in [-0.3, -0.25) is 4.79 Å². The number of rotatable bonds is 5. The topological polar surface area (TPSA) is 26.3 Å². The molecule has 0 unspecified atom stereocenters. The molecule has 0 amide bonds. The average molecular weight is 359 g/mol. The van der Waals surface area contributed by atoms with E-state index in [1.54, 1.807) is 6.07 Å². The number of ether oxygens (including phenoxy) is 1. The van der Waals surface area contributed by atoms with Crippen molar-refractivity contribution < 1.29 is 22.7 Å². The van der Waals surface area contributed by atoms with E-state index in [4.69, 9.17) is 0 Å². The molecule has 0 aliphatic carbocycles. The Morgan fingerprint density at radius 2 is 1.81 bits per heavy atom. The maximum atomic E-state index is 13.2. The monoisotopic (exact) mass is 358 g/mol. The van der Waals surface area contributed by atoms with Crippen LogP contribution in [0.3, 0.4) is 0 Å². The number of ketones is 1. The zero-order valence-corrected chi connectivity index (χ0v) is 12.2. The Balaban J connectivity index is 2.09. The van der Waals surface area contributed by atoms with Gasteiger partial charge in [-0.05, 0) is 48.0 Å². The molecule has 0 spiro atoms. The maximum absolute atomic E-state index is 13.2. The van der Waals surface area contributed by atoms with E-state index in [2.05, 4.69) is 20.7 Å². The Kier molecular flexibility index (Phi) is 5.01. The number of Topliss-reactive ketones (excluding diaryl/α,β-unsaturated/α-hetero) is 1. The van der Waals surface area contributed by atoms with Crippen molar-refractivity contribution in [3.05, 3.63) is 63.9 Å². The molecule has 0 atom stereocenters. The van der Waals surface area contributed by atoms with Gasteiger partial charge in [-0.25, -0.2) is 4.39 Å². The van der Waals surface area contributed by atoms with Crippen molar-refractivity contribution in [1.82, 2.24) is 0 Å². The number of hydrogen-bond donors (Lipinski definition) is 0. The van der Waals surface area contributed by atoms with Crippen LogP contribution < -0.4 is 4.74 Å². The van der Waals surface area contributed by atoms with Crippen molar-refractivity contribution in [2.45, 2.75) is 13.0 Å². The highest BCUT2D eigenvalue weighted by Gasteiger charge is 2.10. The van der Waals surface area contributed by atoms with Gasteiger partial charge in [0, 0.05) is 16.5 Å². The van der Waals surface area contributed by atoms with Crippen LogP contribution in [0, 0.1) is 5.82 Å². The van der Waals surface area contributed by atoms with E-state index in [9.17, 15) is 18.0 Å². The second-order valence-corrected chi connectivity index (χ2v) is 5.20. The molecule has 0 aromatic heterocycles. The molecule has 0 bridgehead atoms. The smallest absolute Gasteiger partial charge is 0.387 e. The molecule has 0 saturated carbocycles. The molecule has 0 saturated heterocycles. The second kappa shape index (κ2) is 6.76. The lowest BCUT2D eigenvalue weighted by molar-refractivity contribution is -0.0498. The van der Waals surface area contributed by atoms with Crippen molar-refractivity contribution in [3.8, 4) is 5.75 Å². The maximum Gasteiger partial charge on any atom is 0.387 e. The Bertz CT molecular complexity index is 622. The second-order valence-electron chi connectivity index (χ2n) is 4.28. The molecule has 0 aliphatic heterocycles. The Hall–Kier alpha value is -1.82. The first-order valence-electron chi connectivity index (χ1n) is 5.97. The summed E-state index contributed by atoms with van der Waals surface area (Å²) in [6.45, 7) is -2.91. The Labute approximate surface area is 127 Å². The van der Waals surface area contributed by atoms with Crippen LogP contribution in [0.15, 0.2) is 46.9 Å². The molecule has 21 heavy (non-hydrogen) atoms. The number of alkyl halides is 2. The number of carbonyl (C=O) groups is 1. The molecule has 0 aliphatic rings. The third-order valence-electron chi connectivity index (χ3n) is 2.69. The van der Waals surface area contributed by atoms with E-state index in [-0.39, 0.29) is 18.0 Å². The van der Waals surface area contributed by atoms with E-state index in [0.29, 0.717) is 15.6 Å². The average Bonchev–Trinajstić information content (AvgIpc) is 2.37. The van der Waals surface area contributed by atoms with Gasteiger partial charge in [0.15, 0.2) is 5.78 Å². The SMILES string of the molecule is O=C(Cc1cc(F)cc(Br)c1)c1ccc(OC(F)F)cc1. The summed E-state index contributed by atoms with van der Waals surface area (Å²) >= 11 is 3.15. The lowest BCUT2D eigenvalue weighted by atomic mass is 10.0. The molecule has 6 heteroatoms. The van der Waals surface area contributed by atoms with Crippen LogP contribution in [0.4, 0.5) is 13.2 Å². The predicted octanol–water partition coefficient (Wildman–Crippen LogP) is 4.62. The highest BCUT2D eigenvalue weighted by atomic mass is 79.9. The van der Waals surface area contributed by atoms with E-state index >= 15 is 0 Å². The first-order valence-corrected chi connectivity index (χ1v) is 6.76. The Morgan fingerprint density at radius 1 is 1.14 bits per heavy atom. The van der Waals surface area contributed by atoms with Crippen molar-refractivity contribution in [1.29, 1.82) is 0 Å². The standard InChI is InChI=1S/C15H10BrF3O2/c16-11-5-9(6-12(17)8-11)7-14(20)10-1-3-13(4-2-10)21-15(18)19/h1-6,8,15H,7H2. The summed E-state index contributed by atoms with van der Waals surface area (Å²) in [5.41, 5.74) is 0.872. The fourth-order valence-electron chi connectivity index (χ4n) is 1.82. The minimum Gasteiger partial charge on any atom is -0.435 e. The van der Waals surface area contributed by atoms with Gasteiger partial charge < -0.3 is 4.74 Å². The van der Waals surface area contributed by atoms with Gasteiger partial charge in [-0.2, -0.15) is 8.78 Å². The van der Waals surface area contributed by atoms with Crippen LogP contribution in [0.1, 0.15) is 15.9 Å². The van der Waals surface area contributed by atoms with Crippen molar-refractivity contribution in [2.24, 2.45) is 0 Å². The van der Waals surface area contributed by atoms with Gasteiger partial charge in [-0.15, -0.1) is 0 Å². The van der Waals surface area contributed by atoms with Crippen LogP contribution in [-0.2, 0) is 6.42 Å². The zero-order chi connectivity index (χ0) is 15.4. The molecule has 0 radical (unpaired) electrons. The molecule has 0 fully saturated rings. The predicted molar refractivity (Wildman–Crippen MR) is 75.2 cm³/mol. The van der Waals surface area contributed by atoms with Crippen molar-refractivity contribution >= 4 is 21.7 Å². The first kappa shape index (κ1) is 15.6. The highest BCUT2D eigenvalue weighted by Crippen LogP contribution is 2.19. The van der Waals surface area contributed by atoms with Crippen molar-refractivity contribution in [3.63, 3.8) is 0 Å². The van der Waals surface area contributed by atoms with Gasteiger partial charge in [-0.1, -0.05) is 15.9 Å². The summed E-state index contributed by atoms with van der Waals surface area (Å²) in [5.74, 6) is -0.695. The van der Waals surface area contributed by atoms with E-state index in [1.165, 1.54) is 36.4 Å². The lowest BCUT2D eigenvalue weighted by Crippen LogP contribution is -2.05. The molecule has 2 rings (SSSR count). The van der Waals surface area contributed by atoms with Gasteiger partial charge in [0.1, 0.15) is 11.6 Å². The van der Waals surface area contributed by atoms with Crippen LogP contribution >= 0.6 is 15.9 Å². The van der Waals surface area contributed by atoms with Crippen LogP contribution in [-0.4, -0.2) is 12.4 Å². The molecule has 2 aromatic rings. The van der Waals surface area contributed by atoms with Crippen molar-refractivity contribution in [2.75, 3.05) is 0 Å². The number of halogens is 4. The van der Waals surface area contributed by atoms with Gasteiger partial charge >= 0.3 is 6.61 Å². The van der Waals surface area contributed by atoms with E-state index in [0.717, 1.165) is 0 Å². The minimum absolute atomic E-state index is 0.0185. The van der Waals surface area contributed by atoms with E-state index < -0.39 is 12.4 Å². The highest BCUT2D eigenvalue weighted by molar-refractivity contribution is 9.10. The largest absolute Gasteiger partial charge is 0.435 e. The normalized spacial score (nSPS) is 10.7. The van der Waals surface area contributed by atoms with Gasteiger partial charge in [0.25, 0.3) is 0 Å². The summed E-state index contributed by atoms with van der Waals surface area (Å²) in [7, 11) is 0. The van der Waals surface area contributed by atoms with Gasteiger partial charge in [0.2, 0.25) is 0 Å². The number of benzene rings is 2. The molecule has 2 aromatic carbocycles. The van der Waals surface area contributed by atoms with Crippen LogP contribution in [0.5, 0.6) is 5.75 Å². The Morgan fingerprint density at radius 3 is 2.38 bits per heavy atom. The fraction of sp³-hybridized carbons (Fsp3) is 0.133. The minimum atomic E-state index is -2.91.